The second-order valence-electron chi connectivity index (χ2n) is 7.09. The maximum absolute atomic E-state index is 12.7. The first-order valence-electron chi connectivity index (χ1n) is 8.85. The third-order valence-electron chi connectivity index (χ3n) is 5.04. The maximum atomic E-state index is 12.7. The Labute approximate surface area is 130 Å². The first-order valence-corrected chi connectivity index (χ1v) is 8.85. The number of carbonyl (C=O) groups excluding carboxylic acids is 1. The minimum atomic E-state index is 0.0565. The van der Waals surface area contributed by atoms with Crippen LogP contribution in [0.5, 0.6) is 0 Å². The summed E-state index contributed by atoms with van der Waals surface area (Å²) >= 11 is 0. The largest absolute Gasteiger partial charge is 0.325 e. The van der Waals surface area contributed by atoms with E-state index < -0.39 is 0 Å². The molecule has 0 saturated carbocycles. The van der Waals surface area contributed by atoms with E-state index in [4.69, 9.17) is 0 Å². The zero-order valence-electron chi connectivity index (χ0n) is 14.3. The van der Waals surface area contributed by atoms with Gasteiger partial charge in [0.25, 0.3) is 0 Å². The average Bonchev–Trinajstić information content (AvgIpc) is 3.03. The van der Waals surface area contributed by atoms with E-state index in [9.17, 15) is 4.79 Å². The van der Waals surface area contributed by atoms with Crippen LogP contribution in [0.1, 0.15) is 53.4 Å². The van der Waals surface area contributed by atoms with E-state index in [1.165, 1.54) is 13.0 Å². The third-order valence-corrected chi connectivity index (χ3v) is 5.04. The first kappa shape index (κ1) is 16.8. The van der Waals surface area contributed by atoms with Gasteiger partial charge in [0, 0.05) is 13.1 Å². The normalized spacial score (nSPS) is 30.8. The fourth-order valence-corrected chi connectivity index (χ4v) is 3.70. The van der Waals surface area contributed by atoms with Crippen molar-refractivity contribution in [2.24, 2.45) is 11.8 Å². The van der Waals surface area contributed by atoms with Crippen molar-refractivity contribution in [2.45, 2.75) is 65.6 Å². The lowest BCUT2D eigenvalue weighted by Gasteiger charge is -2.29. The average molecular weight is 295 g/mol. The van der Waals surface area contributed by atoms with Crippen LogP contribution in [0.2, 0.25) is 0 Å². The van der Waals surface area contributed by atoms with Crippen molar-refractivity contribution in [3.8, 4) is 0 Å². The standard InChI is InChI=1S/C17H33N3O/c1-5-7-8-15-17(21)20(16(18-15)13(3)4)12-14-9-10-19(6-2)11-14/h13-16,18H,5-12H2,1-4H3. The summed E-state index contributed by atoms with van der Waals surface area (Å²) in [5.41, 5.74) is 0. The maximum Gasteiger partial charge on any atom is 0.241 e. The van der Waals surface area contributed by atoms with Gasteiger partial charge < -0.3 is 9.80 Å². The SMILES string of the molecule is CCCCC1NC(C(C)C)N(CC2CCN(CC)C2)C1=O. The molecule has 2 aliphatic rings. The molecule has 0 spiro atoms. The molecule has 4 nitrogen and oxygen atoms in total. The molecule has 21 heavy (non-hydrogen) atoms. The summed E-state index contributed by atoms with van der Waals surface area (Å²) in [4.78, 5) is 17.4. The lowest BCUT2D eigenvalue weighted by Crippen LogP contribution is -2.44. The van der Waals surface area contributed by atoms with E-state index >= 15 is 0 Å². The molecule has 122 valence electrons. The Morgan fingerprint density at radius 2 is 2.10 bits per heavy atom. The minimum absolute atomic E-state index is 0.0565. The van der Waals surface area contributed by atoms with Gasteiger partial charge in [-0.15, -0.1) is 0 Å². The zero-order chi connectivity index (χ0) is 15.4. The van der Waals surface area contributed by atoms with Crippen molar-refractivity contribution < 1.29 is 4.79 Å². The number of nitrogens with one attached hydrogen (secondary N) is 1. The van der Waals surface area contributed by atoms with Crippen LogP contribution < -0.4 is 5.32 Å². The Balaban J connectivity index is 1.96. The van der Waals surface area contributed by atoms with Crippen molar-refractivity contribution in [1.82, 2.24) is 15.1 Å². The van der Waals surface area contributed by atoms with Crippen molar-refractivity contribution in [3.05, 3.63) is 0 Å². The van der Waals surface area contributed by atoms with Crippen LogP contribution in [-0.4, -0.2) is 54.1 Å². The molecule has 1 amide bonds. The third kappa shape index (κ3) is 3.98. The lowest BCUT2D eigenvalue weighted by atomic mass is 10.1. The second-order valence-corrected chi connectivity index (χ2v) is 7.09. The second kappa shape index (κ2) is 7.59. The van der Waals surface area contributed by atoms with Gasteiger partial charge in [-0.2, -0.15) is 0 Å². The van der Waals surface area contributed by atoms with Crippen LogP contribution in [0.25, 0.3) is 0 Å². The lowest BCUT2D eigenvalue weighted by molar-refractivity contribution is -0.131. The van der Waals surface area contributed by atoms with Crippen molar-refractivity contribution >= 4 is 5.91 Å². The predicted octanol–water partition coefficient (Wildman–Crippen LogP) is 2.30. The van der Waals surface area contributed by atoms with Gasteiger partial charge in [-0.25, -0.2) is 0 Å². The zero-order valence-corrected chi connectivity index (χ0v) is 14.3. The molecule has 2 rings (SSSR count). The van der Waals surface area contributed by atoms with Gasteiger partial charge in [0.2, 0.25) is 5.91 Å². The quantitative estimate of drug-likeness (QED) is 0.783. The summed E-state index contributed by atoms with van der Waals surface area (Å²) in [5, 5.41) is 3.59. The summed E-state index contributed by atoms with van der Waals surface area (Å²) in [6.07, 6.45) is 4.75. The molecular formula is C17H33N3O. The molecule has 2 aliphatic heterocycles. The molecule has 0 aromatic heterocycles. The highest BCUT2D eigenvalue weighted by Crippen LogP contribution is 2.25. The highest BCUT2D eigenvalue weighted by atomic mass is 16.2. The van der Waals surface area contributed by atoms with Crippen LogP contribution in [0.3, 0.4) is 0 Å². The van der Waals surface area contributed by atoms with Crippen LogP contribution >= 0.6 is 0 Å². The van der Waals surface area contributed by atoms with Crippen LogP contribution in [0.15, 0.2) is 0 Å². The van der Waals surface area contributed by atoms with Crippen LogP contribution in [0.4, 0.5) is 0 Å². The summed E-state index contributed by atoms with van der Waals surface area (Å²) in [5.74, 6) is 1.48. The molecule has 2 fully saturated rings. The fraction of sp³-hybridized carbons (Fsp3) is 0.941. The Morgan fingerprint density at radius 1 is 1.33 bits per heavy atom. The van der Waals surface area contributed by atoms with E-state index in [1.54, 1.807) is 0 Å². The number of unbranched alkanes of at least 4 members (excludes halogenated alkanes) is 1. The Morgan fingerprint density at radius 3 is 2.67 bits per heavy atom. The molecule has 3 atom stereocenters. The molecule has 2 heterocycles. The fourth-order valence-electron chi connectivity index (χ4n) is 3.70. The number of hydrogen-bond donors (Lipinski definition) is 1. The van der Waals surface area contributed by atoms with E-state index in [2.05, 4.69) is 42.8 Å². The Hall–Kier alpha value is -0.610. The summed E-state index contributed by atoms with van der Waals surface area (Å²) in [6.45, 7) is 13.3. The molecule has 3 unspecified atom stereocenters. The molecule has 0 bridgehead atoms. The van der Waals surface area contributed by atoms with Gasteiger partial charge in [0.05, 0.1) is 12.2 Å². The number of rotatable bonds is 7. The molecule has 2 saturated heterocycles. The molecule has 0 aliphatic carbocycles. The van der Waals surface area contributed by atoms with E-state index in [-0.39, 0.29) is 12.2 Å². The van der Waals surface area contributed by atoms with Gasteiger partial charge in [0.1, 0.15) is 0 Å². The first-order chi connectivity index (χ1) is 10.1. The topological polar surface area (TPSA) is 35.6 Å². The minimum Gasteiger partial charge on any atom is -0.325 e. The molecule has 0 aromatic carbocycles. The highest BCUT2D eigenvalue weighted by Gasteiger charge is 2.41. The van der Waals surface area contributed by atoms with Gasteiger partial charge >= 0.3 is 0 Å². The highest BCUT2D eigenvalue weighted by molar-refractivity contribution is 5.84. The van der Waals surface area contributed by atoms with E-state index in [1.807, 2.05) is 0 Å². The van der Waals surface area contributed by atoms with Crippen molar-refractivity contribution in [2.75, 3.05) is 26.2 Å². The Bertz CT molecular complexity index is 345. The monoisotopic (exact) mass is 295 g/mol. The van der Waals surface area contributed by atoms with Gasteiger partial charge in [-0.05, 0) is 37.8 Å². The molecule has 4 heteroatoms. The summed E-state index contributed by atoms with van der Waals surface area (Å²) in [7, 11) is 0. The molecule has 0 aromatic rings. The number of likely N-dealkylation sites (tertiary alicyclic amines) is 1. The van der Waals surface area contributed by atoms with Crippen molar-refractivity contribution in [3.63, 3.8) is 0 Å². The van der Waals surface area contributed by atoms with Crippen molar-refractivity contribution in [1.29, 1.82) is 0 Å². The molecule has 0 radical (unpaired) electrons. The number of amides is 1. The number of nitrogens with zero attached hydrogens (tertiary/aromatic N) is 2. The predicted molar refractivity (Wildman–Crippen MR) is 87.0 cm³/mol. The number of hydrogen-bond acceptors (Lipinski definition) is 3. The van der Waals surface area contributed by atoms with E-state index in [0.29, 0.717) is 17.7 Å². The summed E-state index contributed by atoms with van der Waals surface area (Å²) < 4.78 is 0. The van der Waals surface area contributed by atoms with Gasteiger partial charge in [-0.1, -0.05) is 40.5 Å². The van der Waals surface area contributed by atoms with Gasteiger partial charge in [-0.3, -0.25) is 10.1 Å². The van der Waals surface area contributed by atoms with Crippen LogP contribution in [-0.2, 0) is 4.79 Å². The Kier molecular flexibility index (Phi) is 6.06. The molecule has 1 N–H and O–H groups in total. The van der Waals surface area contributed by atoms with Gasteiger partial charge in [0.15, 0.2) is 0 Å². The summed E-state index contributed by atoms with van der Waals surface area (Å²) in [6, 6.07) is 0.0565. The van der Waals surface area contributed by atoms with E-state index in [0.717, 1.165) is 38.9 Å². The number of carbonyl (C=O) groups is 1. The van der Waals surface area contributed by atoms with Crippen LogP contribution in [0, 0.1) is 11.8 Å². The smallest absolute Gasteiger partial charge is 0.241 e. The molecular weight excluding hydrogens is 262 g/mol.